The van der Waals surface area contributed by atoms with Crippen molar-refractivity contribution in [3.05, 3.63) is 62.6 Å². The van der Waals surface area contributed by atoms with Gasteiger partial charge in [0.1, 0.15) is 0 Å². The summed E-state index contributed by atoms with van der Waals surface area (Å²) in [5, 5.41) is 4.46. The zero-order valence-electron chi connectivity index (χ0n) is 12.3. The highest BCUT2D eigenvalue weighted by molar-refractivity contribution is 9.10. The molecule has 110 valence electrons. The van der Waals surface area contributed by atoms with Crippen LogP contribution >= 0.6 is 27.5 Å². The minimum absolute atomic E-state index is 0.575. The van der Waals surface area contributed by atoms with Crippen LogP contribution in [0.25, 0.3) is 0 Å². The van der Waals surface area contributed by atoms with Gasteiger partial charge in [-0.15, -0.1) is 0 Å². The summed E-state index contributed by atoms with van der Waals surface area (Å²) in [4.78, 5) is 0. The molecule has 0 unspecified atom stereocenters. The van der Waals surface area contributed by atoms with Crippen LogP contribution in [0.4, 0.5) is 5.69 Å². The highest BCUT2D eigenvalue weighted by atomic mass is 79.9. The minimum atomic E-state index is 0.575. The summed E-state index contributed by atoms with van der Waals surface area (Å²) in [5.74, 6) is 0.664. The molecule has 0 heterocycles. The first-order valence-electron chi connectivity index (χ1n) is 7.31. The van der Waals surface area contributed by atoms with E-state index < -0.39 is 0 Å². The molecule has 0 aromatic heterocycles. The number of hydrogen-bond acceptors (Lipinski definition) is 1. The molecule has 2 aromatic carbocycles. The highest BCUT2D eigenvalue weighted by Crippen LogP contribution is 2.39. The van der Waals surface area contributed by atoms with Crippen molar-refractivity contribution in [3.8, 4) is 0 Å². The fourth-order valence-corrected chi connectivity index (χ4v) is 3.36. The molecule has 3 heteroatoms. The Morgan fingerprint density at radius 3 is 2.19 bits per heavy atom. The van der Waals surface area contributed by atoms with Gasteiger partial charge in [0.25, 0.3) is 0 Å². The first-order chi connectivity index (χ1) is 10.0. The van der Waals surface area contributed by atoms with Gasteiger partial charge < -0.3 is 5.32 Å². The average Bonchev–Trinajstić information content (AvgIpc) is 2.41. The molecule has 1 nitrogen and oxygen atoms in total. The van der Waals surface area contributed by atoms with E-state index in [0.29, 0.717) is 12.0 Å². The highest BCUT2D eigenvalue weighted by Gasteiger charge is 2.30. The van der Waals surface area contributed by atoms with Crippen LogP contribution in [0.3, 0.4) is 0 Å². The van der Waals surface area contributed by atoms with Gasteiger partial charge in [-0.1, -0.05) is 39.7 Å². The van der Waals surface area contributed by atoms with Crippen molar-refractivity contribution in [2.75, 3.05) is 5.32 Å². The molecule has 1 fully saturated rings. The fraction of sp³-hybridized carbons (Fsp3) is 0.333. The predicted octanol–water partition coefficient (Wildman–Crippen LogP) is 6.08. The molecule has 0 saturated heterocycles. The van der Waals surface area contributed by atoms with Gasteiger partial charge in [0.05, 0.1) is 0 Å². The Balaban J connectivity index is 1.61. The van der Waals surface area contributed by atoms with Crippen LogP contribution in [0, 0.1) is 13.8 Å². The number of aryl methyl sites for hydroxylation is 2. The maximum atomic E-state index is 5.94. The second kappa shape index (κ2) is 6.02. The van der Waals surface area contributed by atoms with Crippen LogP contribution in [0.5, 0.6) is 0 Å². The molecule has 0 bridgehead atoms. The molecule has 0 atom stereocenters. The van der Waals surface area contributed by atoms with E-state index in [0.717, 1.165) is 5.02 Å². The number of benzene rings is 2. The van der Waals surface area contributed by atoms with Gasteiger partial charge in [0.15, 0.2) is 0 Å². The molecule has 2 aromatic rings. The Morgan fingerprint density at radius 1 is 1.05 bits per heavy atom. The van der Waals surface area contributed by atoms with Crippen molar-refractivity contribution in [1.82, 2.24) is 0 Å². The normalized spacial score (nSPS) is 21.0. The van der Waals surface area contributed by atoms with E-state index in [2.05, 4.69) is 59.4 Å². The Morgan fingerprint density at radius 2 is 1.62 bits per heavy atom. The molecule has 0 amide bonds. The van der Waals surface area contributed by atoms with Gasteiger partial charge >= 0.3 is 0 Å². The van der Waals surface area contributed by atoms with Crippen LogP contribution in [0.2, 0.25) is 5.02 Å². The molecular formula is C18H19BrClN. The Hall–Kier alpha value is -0.990. The summed E-state index contributed by atoms with van der Waals surface area (Å²) in [6, 6.07) is 13.3. The van der Waals surface area contributed by atoms with E-state index >= 15 is 0 Å². The molecule has 0 aliphatic heterocycles. The lowest BCUT2D eigenvalue weighted by Gasteiger charge is -2.37. The third-order valence-corrected chi connectivity index (χ3v) is 5.79. The van der Waals surface area contributed by atoms with Crippen LogP contribution in [-0.2, 0) is 0 Å². The lowest BCUT2D eigenvalue weighted by Crippen LogP contribution is -2.34. The molecule has 3 rings (SSSR count). The van der Waals surface area contributed by atoms with E-state index in [1.165, 1.54) is 39.7 Å². The SMILES string of the molecule is Cc1cc(NC2CC(c3ccc(Cl)cc3)C2)cc(C)c1Br. The first kappa shape index (κ1) is 14.9. The van der Waals surface area contributed by atoms with E-state index in [-0.39, 0.29) is 0 Å². The van der Waals surface area contributed by atoms with Gasteiger partial charge in [-0.2, -0.15) is 0 Å². The van der Waals surface area contributed by atoms with Gasteiger partial charge in [-0.05, 0) is 73.6 Å². The standard InChI is InChI=1S/C18H19BrClN/c1-11-7-16(8-12(2)18(11)19)21-17-9-14(10-17)13-3-5-15(20)6-4-13/h3-8,14,17,21H,9-10H2,1-2H3. The fourth-order valence-electron chi connectivity index (χ4n) is 3.01. The average molecular weight is 365 g/mol. The largest absolute Gasteiger partial charge is 0.382 e. The predicted molar refractivity (Wildman–Crippen MR) is 94.5 cm³/mol. The lowest BCUT2D eigenvalue weighted by molar-refractivity contribution is 0.374. The second-order valence-corrected chi connectivity index (χ2v) is 7.21. The van der Waals surface area contributed by atoms with Crippen LogP contribution < -0.4 is 5.32 Å². The number of anilines is 1. The Kier molecular flexibility index (Phi) is 4.28. The number of hydrogen-bond donors (Lipinski definition) is 1. The topological polar surface area (TPSA) is 12.0 Å². The van der Waals surface area contributed by atoms with Gasteiger partial charge in [-0.3, -0.25) is 0 Å². The summed E-state index contributed by atoms with van der Waals surface area (Å²) in [6.07, 6.45) is 2.38. The molecule has 1 N–H and O–H groups in total. The van der Waals surface area contributed by atoms with E-state index in [9.17, 15) is 0 Å². The van der Waals surface area contributed by atoms with Gasteiger partial charge in [0, 0.05) is 21.2 Å². The summed E-state index contributed by atoms with van der Waals surface area (Å²) < 4.78 is 1.21. The summed E-state index contributed by atoms with van der Waals surface area (Å²) in [6.45, 7) is 4.28. The van der Waals surface area contributed by atoms with Crippen molar-refractivity contribution in [2.45, 2.75) is 38.6 Å². The van der Waals surface area contributed by atoms with Crippen molar-refractivity contribution in [2.24, 2.45) is 0 Å². The van der Waals surface area contributed by atoms with Crippen molar-refractivity contribution in [3.63, 3.8) is 0 Å². The second-order valence-electron chi connectivity index (χ2n) is 5.99. The maximum absolute atomic E-state index is 5.94. The van der Waals surface area contributed by atoms with Crippen molar-refractivity contribution >= 4 is 33.2 Å². The van der Waals surface area contributed by atoms with Crippen molar-refractivity contribution < 1.29 is 0 Å². The summed E-state index contributed by atoms with van der Waals surface area (Å²) in [7, 11) is 0. The van der Waals surface area contributed by atoms with Crippen LogP contribution in [0.1, 0.15) is 35.4 Å². The van der Waals surface area contributed by atoms with E-state index in [1.54, 1.807) is 0 Å². The Labute approximate surface area is 139 Å². The molecule has 0 radical (unpaired) electrons. The lowest BCUT2D eigenvalue weighted by atomic mass is 9.76. The monoisotopic (exact) mass is 363 g/mol. The number of halogens is 2. The summed E-state index contributed by atoms with van der Waals surface area (Å²) in [5.41, 5.74) is 5.20. The molecule has 0 spiro atoms. The molecular weight excluding hydrogens is 346 g/mol. The van der Waals surface area contributed by atoms with E-state index in [4.69, 9.17) is 11.6 Å². The van der Waals surface area contributed by atoms with Gasteiger partial charge in [0.2, 0.25) is 0 Å². The first-order valence-corrected chi connectivity index (χ1v) is 8.49. The van der Waals surface area contributed by atoms with E-state index in [1.807, 2.05) is 12.1 Å². The maximum Gasteiger partial charge on any atom is 0.0406 e. The smallest absolute Gasteiger partial charge is 0.0406 e. The number of rotatable bonds is 3. The molecule has 1 aliphatic rings. The zero-order valence-corrected chi connectivity index (χ0v) is 14.6. The van der Waals surface area contributed by atoms with Crippen molar-refractivity contribution in [1.29, 1.82) is 0 Å². The third kappa shape index (κ3) is 3.27. The van der Waals surface area contributed by atoms with Crippen LogP contribution in [0.15, 0.2) is 40.9 Å². The summed E-state index contributed by atoms with van der Waals surface area (Å²) >= 11 is 9.56. The quantitative estimate of drug-likeness (QED) is 0.696. The van der Waals surface area contributed by atoms with Crippen LogP contribution in [-0.4, -0.2) is 6.04 Å². The zero-order chi connectivity index (χ0) is 15.0. The Bertz CT molecular complexity index is 622. The number of nitrogens with one attached hydrogen (secondary N) is 1. The molecule has 21 heavy (non-hydrogen) atoms. The molecule has 1 aliphatic carbocycles. The van der Waals surface area contributed by atoms with Gasteiger partial charge in [-0.25, -0.2) is 0 Å². The third-order valence-electron chi connectivity index (χ3n) is 4.29. The molecule has 1 saturated carbocycles. The minimum Gasteiger partial charge on any atom is -0.382 e.